The van der Waals surface area contributed by atoms with Gasteiger partial charge in [0.05, 0.1) is 11.4 Å². The molecule has 0 unspecified atom stereocenters. The van der Waals surface area contributed by atoms with Crippen LogP contribution in [0.3, 0.4) is 0 Å². The summed E-state index contributed by atoms with van der Waals surface area (Å²) in [6.07, 6.45) is 3.73. The highest BCUT2D eigenvalue weighted by Crippen LogP contribution is 2.33. The number of thiazole rings is 1. The van der Waals surface area contributed by atoms with Gasteiger partial charge in [0.1, 0.15) is 5.69 Å². The quantitative estimate of drug-likeness (QED) is 0.598. The molecule has 0 bridgehead atoms. The van der Waals surface area contributed by atoms with Gasteiger partial charge in [0, 0.05) is 23.0 Å². The summed E-state index contributed by atoms with van der Waals surface area (Å²) in [6, 6.07) is 10.2. The Morgan fingerprint density at radius 1 is 1.04 bits per heavy atom. The summed E-state index contributed by atoms with van der Waals surface area (Å²) in [5, 5.41) is 4.26. The zero-order valence-corrected chi connectivity index (χ0v) is 14.6. The van der Waals surface area contributed by atoms with Crippen molar-refractivity contribution in [2.75, 3.05) is 5.32 Å². The van der Waals surface area contributed by atoms with Crippen LogP contribution >= 0.6 is 11.3 Å². The summed E-state index contributed by atoms with van der Waals surface area (Å²) >= 11 is 1.65. The van der Waals surface area contributed by atoms with E-state index in [-0.39, 0.29) is 0 Å². The molecule has 24 heavy (non-hydrogen) atoms. The van der Waals surface area contributed by atoms with E-state index in [0.717, 1.165) is 32.8 Å². The maximum Gasteiger partial charge on any atom is 0.234 e. The number of fused-ring (bicyclic) bond motifs is 1. The lowest BCUT2D eigenvalue weighted by molar-refractivity contribution is 1.10. The average Bonchev–Trinajstić information content (AvgIpc) is 3.08. The lowest BCUT2D eigenvalue weighted by atomic mass is 10.2. The lowest BCUT2D eigenvalue weighted by Crippen LogP contribution is -1.93. The average molecular weight is 335 g/mol. The number of aromatic nitrogens is 4. The topological polar surface area (TPSA) is 55.1 Å². The summed E-state index contributed by atoms with van der Waals surface area (Å²) in [5.74, 6) is 0.699. The highest BCUT2D eigenvalue weighted by atomic mass is 32.1. The van der Waals surface area contributed by atoms with Gasteiger partial charge in [-0.25, -0.2) is 15.0 Å². The first-order valence-corrected chi connectivity index (χ1v) is 8.54. The molecule has 0 aliphatic carbocycles. The Hall–Kier alpha value is -2.73. The van der Waals surface area contributed by atoms with Crippen LogP contribution in [-0.4, -0.2) is 19.4 Å². The number of anilines is 2. The molecule has 0 spiro atoms. The van der Waals surface area contributed by atoms with Crippen molar-refractivity contribution < 1.29 is 0 Å². The largest absolute Gasteiger partial charge is 0.332 e. The van der Waals surface area contributed by atoms with E-state index in [1.165, 1.54) is 5.56 Å². The van der Waals surface area contributed by atoms with Crippen LogP contribution in [-0.2, 0) is 0 Å². The van der Waals surface area contributed by atoms with Gasteiger partial charge in [-0.3, -0.25) is 4.40 Å². The smallest absolute Gasteiger partial charge is 0.234 e. The fourth-order valence-corrected chi connectivity index (χ4v) is 3.55. The molecule has 120 valence electrons. The number of hydrogen-bond acceptors (Lipinski definition) is 5. The molecule has 4 aromatic rings. The molecule has 1 aromatic carbocycles. The molecule has 3 heterocycles. The molecule has 1 N–H and O–H groups in total. The van der Waals surface area contributed by atoms with E-state index in [4.69, 9.17) is 4.98 Å². The number of rotatable bonds is 3. The van der Waals surface area contributed by atoms with E-state index in [2.05, 4.69) is 53.4 Å². The summed E-state index contributed by atoms with van der Waals surface area (Å²) in [6.45, 7) is 6.16. The molecule has 0 saturated heterocycles. The predicted octanol–water partition coefficient (Wildman–Crippen LogP) is 4.52. The number of benzene rings is 1. The van der Waals surface area contributed by atoms with Crippen LogP contribution in [0, 0.1) is 20.8 Å². The normalized spacial score (nSPS) is 11.1. The van der Waals surface area contributed by atoms with Gasteiger partial charge in [-0.1, -0.05) is 17.7 Å². The minimum atomic E-state index is 0.699. The number of hydrogen-bond donors (Lipinski definition) is 1. The number of aryl methyl sites for hydroxylation is 3. The van der Waals surface area contributed by atoms with Crippen molar-refractivity contribution in [1.29, 1.82) is 0 Å². The number of nitrogens with one attached hydrogen (secondary N) is 1. The first-order chi connectivity index (χ1) is 11.6. The van der Waals surface area contributed by atoms with Crippen molar-refractivity contribution in [2.45, 2.75) is 20.8 Å². The highest BCUT2D eigenvalue weighted by Gasteiger charge is 2.17. The molecule has 0 fully saturated rings. The number of nitrogens with zero attached hydrogens (tertiary/aromatic N) is 4. The fourth-order valence-electron chi connectivity index (χ4n) is 2.71. The van der Waals surface area contributed by atoms with Crippen LogP contribution in [0.4, 0.5) is 10.8 Å². The third-order valence-electron chi connectivity index (χ3n) is 3.90. The van der Waals surface area contributed by atoms with E-state index in [1.54, 1.807) is 17.5 Å². The zero-order chi connectivity index (χ0) is 16.7. The Balaban J connectivity index is 1.75. The molecule has 0 saturated carbocycles. The molecule has 0 aliphatic rings. The van der Waals surface area contributed by atoms with E-state index >= 15 is 0 Å². The summed E-state index contributed by atoms with van der Waals surface area (Å²) < 4.78 is 1.99. The Morgan fingerprint density at radius 3 is 2.62 bits per heavy atom. The minimum Gasteiger partial charge on any atom is -0.332 e. The van der Waals surface area contributed by atoms with Crippen molar-refractivity contribution in [3.8, 4) is 11.4 Å². The van der Waals surface area contributed by atoms with E-state index in [9.17, 15) is 0 Å². The minimum absolute atomic E-state index is 0.699. The SMILES string of the molecule is Cc1ccc(Nc2nc(-c3c(C)nc4ncccn34)c(C)s2)cc1. The van der Waals surface area contributed by atoms with E-state index in [1.807, 2.05) is 23.6 Å². The Bertz CT molecular complexity index is 1010. The maximum absolute atomic E-state index is 4.80. The summed E-state index contributed by atoms with van der Waals surface area (Å²) in [7, 11) is 0. The lowest BCUT2D eigenvalue weighted by Gasteiger charge is -2.02. The van der Waals surface area contributed by atoms with Gasteiger partial charge in [-0.15, -0.1) is 11.3 Å². The molecule has 6 heteroatoms. The van der Waals surface area contributed by atoms with Crippen LogP contribution in [0.2, 0.25) is 0 Å². The van der Waals surface area contributed by atoms with Gasteiger partial charge in [0.2, 0.25) is 5.78 Å². The molecule has 0 atom stereocenters. The fraction of sp³-hybridized carbons (Fsp3) is 0.167. The van der Waals surface area contributed by atoms with Crippen LogP contribution in [0.15, 0.2) is 42.7 Å². The molecular weight excluding hydrogens is 318 g/mol. The second-order valence-electron chi connectivity index (χ2n) is 5.75. The standard InChI is InChI=1S/C18H17N5S/c1-11-5-7-14(8-6-11)21-18-22-15(13(3)24-18)16-12(2)20-17-19-9-4-10-23(16)17/h4-10H,1-3H3,(H,21,22). The van der Waals surface area contributed by atoms with Gasteiger partial charge in [0.25, 0.3) is 0 Å². The van der Waals surface area contributed by atoms with Crippen molar-refractivity contribution in [1.82, 2.24) is 19.4 Å². The van der Waals surface area contributed by atoms with Crippen molar-refractivity contribution >= 4 is 27.9 Å². The first-order valence-electron chi connectivity index (χ1n) is 7.73. The molecule has 0 amide bonds. The molecule has 3 aromatic heterocycles. The van der Waals surface area contributed by atoms with Crippen LogP contribution in [0.1, 0.15) is 16.1 Å². The van der Waals surface area contributed by atoms with Crippen molar-refractivity contribution in [3.05, 3.63) is 58.9 Å². The van der Waals surface area contributed by atoms with E-state index in [0.29, 0.717) is 5.78 Å². The second kappa shape index (κ2) is 5.72. The Labute approximate surface area is 144 Å². The Morgan fingerprint density at radius 2 is 1.83 bits per heavy atom. The van der Waals surface area contributed by atoms with E-state index < -0.39 is 0 Å². The maximum atomic E-state index is 4.80. The molecule has 0 aliphatic heterocycles. The first kappa shape index (κ1) is 14.8. The molecule has 5 nitrogen and oxygen atoms in total. The van der Waals surface area contributed by atoms with Gasteiger partial charge in [0.15, 0.2) is 5.13 Å². The third-order valence-corrected chi connectivity index (χ3v) is 4.79. The molecular formula is C18H17N5S. The summed E-state index contributed by atoms with van der Waals surface area (Å²) in [5.41, 5.74) is 5.17. The summed E-state index contributed by atoms with van der Waals surface area (Å²) in [4.78, 5) is 14.8. The highest BCUT2D eigenvalue weighted by molar-refractivity contribution is 7.16. The van der Waals surface area contributed by atoms with Gasteiger partial charge in [-0.05, 0) is 39.0 Å². The van der Waals surface area contributed by atoms with Gasteiger partial charge < -0.3 is 5.32 Å². The molecule has 0 radical (unpaired) electrons. The monoisotopic (exact) mass is 335 g/mol. The van der Waals surface area contributed by atoms with Gasteiger partial charge in [-0.2, -0.15) is 0 Å². The van der Waals surface area contributed by atoms with Crippen molar-refractivity contribution in [2.24, 2.45) is 0 Å². The zero-order valence-electron chi connectivity index (χ0n) is 13.7. The Kier molecular flexibility index (Phi) is 3.54. The van der Waals surface area contributed by atoms with Crippen LogP contribution in [0.5, 0.6) is 0 Å². The van der Waals surface area contributed by atoms with Crippen molar-refractivity contribution in [3.63, 3.8) is 0 Å². The molecule has 4 rings (SSSR count). The second-order valence-corrected chi connectivity index (χ2v) is 6.95. The number of imidazole rings is 1. The van der Waals surface area contributed by atoms with Crippen LogP contribution < -0.4 is 5.32 Å². The van der Waals surface area contributed by atoms with Crippen LogP contribution in [0.25, 0.3) is 17.2 Å². The third kappa shape index (κ3) is 2.55. The van der Waals surface area contributed by atoms with Gasteiger partial charge >= 0.3 is 0 Å². The predicted molar refractivity (Wildman–Crippen MR) is 98.0 cm³/mol.